The van der Waals surface area contributed by atoms with Crippen LogP contribution in [0.5, 0.6) is 0 Å². The molecule has 3 rings (SSSR count). The maximum atomic E-state index is 6.00. The summed E-state index contributed by atoms with van der Waals surface area (Å²) in [6.07, 6.45) is 2.10. The summed E-state index contributed by atoms with van der Waals surface area (Å²) < 4.78 is 6.00. The highest BCUT2D eigenvalue weighted by atomic mass is 32.2. The topological polar surface area (TPSA) is 25.2 Å². The van der Waals surface area contributed by atoms with Crippen molar-refractivity contribution in [3.05, 3.63) is 65.9 Å². The molecule has 2 nitrogen and oxygen atoms in total. The van der Waals surface area contributed by atoms with Crippen LogP contribution in [0, 0.1) is 0 Å². The monoisotopic (exact) mass is 283 g/mol. The minimum Gasteiger partial charge on any atom is -0.459 e. The standard InChI is InChI=1S/C17H17NOS/c1-18-17(13-8-4-6-10-16(13)20-2)15-11-12-7-3-5-9-14(12)19-15/h3-11,17-18H,1-2H3. The summed E-state index contributed by atoms with van der Waals surface area (Å²) in [6.45, 7) is 0. The number of benzene rings is 2. The molecule has 1 N–H and O–H groups in total. The molecule has 1 aromatic heterocycles. The first-order chi connectivity index (χ1) is 9.83. The normalized spacial score (nSPS) is 12.7. The quantitative estimate of drug-likeness (QED) is 0.715. The van der Waals surface area contributed by atoms with E-state index in [1.165, 1.54) is 10.5 Å². The van der Waals surface area contributed by atoms with E-state index < -0.39 is 0 Å². The highest BCUT2D eigenvalue weighted by Crippen LogP contribution is 2.32. The summed E-state index contributed by atoms with van der Waals surface area (Å²) in [5.41, 5.74) is 2.19. The third-order valence-electron chi connectivity index (χ3n) is 3.47. The molecular weight excluding hydrogens is 266 g/mol. The fourth-order valence-corrected chi connectivity index (χ4v) is 3.14. The SMILES string of the molecule is CNC(c1cc2ccccc2o1)c1ccccc1SC. The van der Waals surface area contributed by atoms with Crippen LogP contribution in [0.3, 0.4) is 0 Å². The number of nitrogens with one attached hydrogen (secondary N) is 1. The Balaban J connectivity index is 2.09. The van der Waals surface area contributed by atoms with Crippen LogP contribution in [-0.2, 0) is 0 Å². The van der Waals surface area contributed by atoms with Gasteiger partial charge in [0.05, 0.1) is 6.04 Å². The fraction of sp³-hybridized carbons (Fsp3) is 0.176. The number of thioether (sulfide) groups is 1. The average molecular weight is 283 g/mol. The van der Waals surface area contributed by atoms with E-state index >= 15 is 0 Å². The summed E-state index contributed by atoms with van der Waals surface area (Å²) in [5.74, 6) is 0.954. The highest BCUT2D eigenvalue weighted by molar-refractivity contribution is 7.98. The highest BCUT2D eigenvalue weighted by Gasteiger charge is 2.19. The third kappa shape index (κ3) is 2.35. The smallest absolute Gasteiger partial charge is 0.134 e. The van der Waals surface area contributed by atoms with Gasteiger partial charge in [0.2, 0.25) is 0 Å². The van der Waals surface area contributed by atoms with Gasteiger partial charge in [-0.15, -0.1) is 11.8 Å². The predicted octanol–water partition coefficient (Wildman–Crippen LogP) is 4.46. The van der Waals surface area contributed by atoms with Crippen LogP contribution in [0.2, 0.25) is 0 Å². The molecule has 20 heavy (non-hydrogen) atoms. The molecule has 0 spiro atoms. The molecule has 0 saturated heterocycles. The van der Waals surface area contributed by atoms with Gasteiger partial charge in [-0.05, 0) is 37.1 Å². The second-order valence-electron chi connectivity index (χ2n) is 4.65. The summed E-state index contributed by atoms with van der Waals surface area (Å²) in [5, 5.41) is 4.51. The van der Waals surface area contributed by atoms with Crippen LogP contribution in [-0.4, -0.2) is 13.3 Å². The number of rotatable bonds is 4. The van der Waals surface area contributed by atoms with Gasteiger partial charge in [0.15, 0.2) is 0 Å². The van der Waals surface area contributed by atoms with Gasteiger partial charge < -0.3 is 9.73 Å². The van der Waals surface area contributed by atoms with E-state index in [1.807, 2.05) is 25.2 Å². The Morgan fingerprint density at radius 2 is 1.80 bits per heavy atom. The average Bonchev–Trinajstić information content (AvgIpc) is 2.92. The summed E-state index contributed by atoms with van der Waals surface area (Å²) in [7, 11) is 1.97. The van der Waals surface area contributed by atoms with Crippen molar-refractivity contribution < 1.29 is 4.42 Å². The van der Waals surface area contributed by atoms with Crippen molar-refractivity contribution in [2.45, 2.75) is 10.9 Å². The Labute approximate surface area is 123 Å². The second-order valence-corrected chi connectivity index (χ2v) is 5.50. The van der Waals surface area contributed by atoms with Crippen molar-refractivity contribution in [3.8, 4) is 0 Å². The van der Waals surface area contributed by atoms with E-state index in [-0.39, 0.29) is 6.04 Å². The lowest BCUT2D eigenvalue weighted by Gasteiger charge is -2.17. The molecule has 0 aliphatic heterocycles. The lowest BCUT2D eigenvalue weighted by Crippen LogP contribution is -2.17. The molecular formula is C17H17NOS. The van der Waals surface area contributed by atoms with E-state index in [2.05, 4.69) is 48.0 Å². The molecule has 102 valence electrons. The van der Waals surface area contributed by atoms with Crippen LogP contribution in [0.4, 0.5) is 0 Å². The lowest BCUT2D eigenvalue weighted by molar-refractivity contribution is 0.488. The molecule has 0 saturated carbocycles. The Morgan fingerprint density at radius 1 is 1.05 bits per heavy atom. The number of hydrogen-bond donors (Lipinski definition) is 1. The maximum absolute atomic E-state index is 6.00. The molecule has 0 fully saturated rings. The van der Waals surface area contributed by atoms with Gasteiger partial charge in [0.25, 0.3) is 0 Å². The van der Waals surface area contributed by atoms with Gasteiger partial charge in [-0.1, -0.05) is 36.4 Å². The predicted molar refractivity (Wildman–Crippen MR) is 85.3 cm³/mol. The molecule has 0 aliphatic carbocycles. The summed E-state index contributed by atoms with van der Waals surface area (Å²) in [6, 6.07) is 18.8. The van der Waals surface area contributed by atoms with Crippen molar-refractivity contribution in [3.63, 3.8) is 0 Å². The van der Waals surface area contributed by atoms with Crippen molar-refractivity contribution in [2.75, 3.05) is 13.3 Å². The van der Waals surface area contributed by atoms with Crippen LogP contribution in [0.1, 0.15) is 17.4 Å². The minimum absolute atomic E-state index is 0.0750. The number of furan rings is 1. The van der Waals surface area contributed by atoms with Crippen molar-refractivity contribution in [1.82, 2.24) is 5.32 Å². The van der Waals surface area contributed by atoms with E-state index in [0.29, 0.717) is 0 Å². The molecule has 0 amide bonds. The Morgan fingerprint density at radius 3 is 2.55 bits per heavy atom. The summed E-state index contributed by atoms with van der Waals surface area (Å²) >= 11 is 1.76. The van der Waals surface area contributed by atoms with Gasteiger partial charge in [0.1, 0.15) is 11.3 Å². The first-order valence-electron chi connectivity index (χ1n) is 6.62. The van der Waals surface area contributed by atoms with Crippen molar-refractivity contribution in [1.29, 1.82) is 0 Å². The molecule has 0 bridgehead atoms. The van der Waals surface area contributed by atoms with E-state index in [0.717, 1.165) is 16.7 Å². The minimum atomic E-state index is 0.0750. The Kier molecular flexibility index (Phi) is 3.81. The number of hydrogen-bond acceptors (Lipinski definition) is 3. The molecule has 3 aromatic rings. The van der Waals surface area contributed by atoms with Gasteiger partial charge in [-0.2, -0.15) is 0 Å². The molecule has 0 aliphatic rings. The number of para-hydroxylation sites is 1. The molecule has 1 unspecified atom stereocenters. The van der Waals surface area contributed by atoms with Gasteiger partial charge >= 0.3 is 0 Å². The van der Waals surface area contributed by atoms with E-state index in [1.54, 1.807) is 11.8 Å². The third-order valence-corrected chi connectivity index (χ3v) is 4.28. The van der Waals surface area contributed by atoms with Crippen LogP contribution < -0.4 is 5.32 Å². The zero-order chi connectivity index (χ0) is 13.9. The molecule has 0 radical (unpaired) electrons. The molecule has 1 heterocycles. The van der Waals surface area contributed by atoms with Crippen molar-refractivity contribution in [2.24, 2.45) is 0 Å². The van der Waals surface area contributed by atoms with Crippen LogP contribution in [0.25, 0.3) is 11.0 Å². The zero-order valence-corrected chi connectivity index (χ0v) is 12.4. The molecule has 1 atom stereocenters. The van der Waals surface area contributed by atoms with Gasteiger partial charge in [-0.3, -0.25) is 0 Å². The largest absolute Gasteiger partial charge is 0.459 e. The Hall–Kier alpha value is -1.71. The fourth-order valence-electron chi connectivity index (χ4n) is 2.50. The molecule has 2 aromatic carbocycles. The van der Waals surface area contributed by atoms with Crippen molar-refractivity contribution >= 4 is 22.7 Å². The Bertz CT molecular complexity index is 687. The second kappa shape index (κ2) is 5.73. The molecule has 3 heteroatoms. The number of fused-ring (bicyclic) bond motifs is 1. The van der Waals surface area contributed by atoms with E-state index in [9.17, 15) is 0 Å². The van der Waals surface area contributed by atoms with E-state index in [4.69, 9.17) is 4.42 Å². The van der Waals surface area contributed by atoms with Gasteiger partial charge in [0, 0.05) is 10.3 Å². The first-order valence-corrected chi connectivity index (χ1v) is 7.84. The zero-order valence-electron chi connectivity index (χ0n) is 11.6. The maximum Gasteiger partial charge on any atom is 0.134 e. The van der Waals surface area contributed by atoms with Crippen LogP contribution >= 0.6 is 11.8 Å². The van der Waals surface area contributed by atoms with Gasteiger partial charge in [-0.25, -0.2) is 0 Å². The van der Waals surface area contributed by atoms with Crippen LogP contribution in [0.15, 0.2) is 63.9 Å². The first kappa shape index (κ1) is 13.3. The lowest BCUT2D eigenvalue weighted by atomic mass is 10.0. The summed E-state index contributed by atoms with van der Waals surface area (Å²) in [4.78, 5) is 1.27.